The molecule has 2 aromatic rings. The fraction of sp³-hybridized carbons (Fsp3) is 0.105. The Morgan fingerprint density at radius 1 is 1.28 bits per heavy atom. The van der Waals surface area contributed by atoms with Gasteiger partial charge in [0.05, 0.1) is 9.38 Å². The second-order valence-electron chi connectivity index (χ2n) is 5.88. The molecule has 10 heteroatoms. The maximum atomic E-state index is 12.4. The summed E-state index contributed by atoms with van der Waals surface area (Å²) in [5, 5.41) is 9.97. The molecular formula is C19H12BrCl2NO4S2. The van der Waals surface area contributed by atoms with Gasteiger partial charge in [-0.3, -0.25) is 14.5 Å². The highest BCUT2D eigenvalue weighted by molar-refractivity contribution is 9.10. The van der Waals surface area contributed by atoms with Crippen LogP contribution in [-0.2, 0) is 16.2 Å². The van der Waals surface area contributed by atoms with Gasteiger partial charge in [0.25, 0.3) is 5.91 Å². The summed E-state index contributed by atoms with van der Waals surface area (Å²) in [5.41, 5.74) is 1.54. The molecule has 1 N–H and O–H groups in total. The molecule has 1 amide bonds. The number of carbonyl (C=O) groups excluding carboxylic acids is 1. The standard InChI is InChI=1S/C19H12BrCl2NO4S2/c20-13-5-10(6-16-18(26)23(8-17(24)25)19(28)29-16)1-4-15(13)27-9-11-2-3-12(21)7-14(11)22/h1-7H,8-9H2,(H,24,25). The number of amides is 1. The largest absolute Gasteiger partial charge is 0.488 e. The number of benzene rings is 2. The molecule has 1 saturated heterocycles. The van der Waals surface area contributed by atoms with Crippen LogP contribution in [0.1, 0.15) is 11.1 Å². The van der Waals surface area contributed by atoms with E-state index in [1.807, 2.05) is 0 Å². The van der Waals surface area contributed by atoms with Crippen molar-refractivity contribution in [2.24, 2.45) is 0 Å². The van der Waals surface area contributed by atoms with Crippen LogP contribution in [0.15, 0.2) is 45.8 Å². The molecule has 0 bridgehead atoms. The fourth-order valence-corrected chi connectivity index (χ4v) is 4.67. The van der Waals surface area contributed by atoms with E-state index < -0.39 is 18.4 Å². The lowest BCUT2D eigenvalue weighted by atomic mass is 10.2. The molecule has 0 aromatic heterocycles. The van der Waals surface area contributed by atoms with E-state index in [4.69, 9.17) is 45.3 Å². The van der Waals surface area contributed by atoms with Gasteiger partial charge in [-0.25, -0.2) is 0 Å². The Balaban J connectivity index is 1.72. The molecule has 1 heterocycles. The van der Waals surface area contributed by atoms with Gasteiger partial charge >= 0.3 is 5.97 Å². The molecule has 1 aliphatic rings. The summed E-state index contributed by atoms with van der Waals surface area (Å²) in [4.78, 5) is 24.7. The number of carboxylic acids is 1. The Morgan fingerprint density at radius 3 is 2.69 bits per heavy atom. The van der Waals surface area contributed by atoms with Crippen LogP contribution in [0.5, 0.6) is 5.75 Å². The van der Waals surface area contributed by atoms with E-state index in [9.17, 15) is 9.59 Å². The minimum absolute atomic E-state index is 0.225. The first kappa shape index (κ1) is 22.1. The van der Waals surface area contributed by atoms with E-state index in [0.717, 1.165) is 27.8 Å². The summed E-state index contributed by atoms with van der Waals surface area (Å²) >= 11 is 21.7. The van der Waals surface area contributed by atoms with Crippen molar-refractivity contribution in [3.05, 3.63) is 66.9 Å². The normalized spacial score (nSPS) is 15.3. The lowest BCUT2D eigenvalue weighted by molar-refractivity contribution is -0.140. The third-order valence-corrected chi connectivity index (χ3v) is 6.40. The molecule has 0 radical (unpaired) electrons. The van der Waals surface area contributed by atoms with Crippen LogP contribution in [0.4, 0.5) is 0 Å². The number of thioether (sulfide) groups is 1. The van der Waals surface area contributed by atoms with Gasteiger partial charge in [-0.1, -0.05) is 59.3 Å². The molecule has 0 aliphatic carbocycles. The maximum absolute atomic E-state index is 12.4. The van der Waals surface area contributed by atoms with Gasteiger partial charge < -0.3 is 9.84 Å². The Bertz CT molecular complexity index is 1040. The molecule has 1 aliphatic heterocycles. The van der Waals surface area contributed by atoms with Gasteiger partial charge in [0, 0.05) is 15.6 Å². The van der Waals surface area contributed by atoms with Crippen LogP contribution in [-0.4, -0.2) is 32.7 Å². The molecule has 3 rings (SSSR count). The Kier molecular flexibility index (Phi) is 7.23. The highest BCUT2D eigenvalue weighted by Gasteiger charge is 2.33. The molecule has 29 heavy (non-hydrogen) atoms. The van der Waals surface area contributed by atoms with Crippen LogP contribution >= 0.6 is 63.1 Å². The molecule has 150 valence electrons. The third-order valence-electron chi connectivity index (χ3n) is 3.82. The number of nitrogens with zero attached hydrogens (tertiary/aromatic N) is 1. The number of aliphatic carboxylic acids is 1. The quantitative estimate of drug-likeness (QED) is 0.384. The predicted octanol–water partition coefficient (Wildman–Crippen LogP) is 5.62. The first-order valence-electron chi connectivity index (χ1n) is 8.08. The number of halogens is 3. The zero-order valence-electron chi connectivity index (χ0n) is 14.5. The van der Waals surface area contributed by atoms with E-state index in [0.29, 0.717) is 25.2 Å². The smallest absolute Gasteiger partial charge is 0.323 e. The molecular weight excluding hydrogens is 521 g/mol. The van der Waals surface area contributed by atoms with Crippen molar-refractivity contribution in [2.75, 3.05) is 6.54 Å². The van der Waals surface area contributed by atoms with Crippen LogP contribution in [0.3, 0.4) is 0 Å². The number of carbonyl (C=O) groups is 2. The van der Waals surface area contributed by atoms with Gasteiger partial charge in [-0.05, 0) is 51.8 Å². The summed E-state index contributed by atoms with van der Waals surface area (Å²) in [6.45, 7) is -0.187. The van der Waals surface area contributed by atoms with Crippen molar-refractivity contribution in [1.29, 1.82) is 0 Å². The summed E-state index contributed by atoms with van der Waals surface area (Å²) in [5.74, 6) is -0.935. The van der Waals surface area contributed by atoms with Gasteiger partial charge in [0.2, 0.25) is 0 Å². The molecule has 0 saturated carbocycles. The minimum Gasteiger partial charge on any atom is -0.488 e. The Labute approximate surface area is 194 Å². The van der Waals surface area contributed by atoms with Crippen molar-refractivity contribution < 1.29 is 19.4 Å². The second kappa shape index (κ2) is 9.49. The van der Waals surface area contributed by atoms with Gasteiger partial charge in [0.1, 0.15) is 23.2 Å². The van der Waals surface area contributed by atoms with Gasteiger partial charge in [-0.2, -0.15) is 0 Å². The highest BCUT2D eigenvalue weighted by atomic mass is 79.9. The van der Waals surface area contributed by atoms with Crippen LogP contribution < -0.4 is 4.74 Å². The van der Waals surface area contributed by atoms with Crippen LogP contribution in [0.2, 0.25) is 10.0 Å². The molecule has 0 spiro atoms. The SMILES string of the molecule is O=C(O)CN1C(=O)C(=Cc2ccc(OCc3ccc(Cl)cc3Cl)c(Br)c2)SC1=S. The Hall–Kier alpha value is -1.58. The first-order valence-corrected chi connectivity index (χ1v) is 10.9. The lowest BCUT2D eigenvalue weighted by Gasteiger charge is -2.11. The van der Waals surface area contributed by atoms with E-state index in [1.165, 1.54) is 0 Å². The second-order valence-corrected chi connectivity index (χ2v) is 9.25. The molecule has 2 aromatic carbocycles. The monoisotopic (exact) mass is 531 g/mol. The number of hydrogen-bond acceptors (Lipinski definition) is 5. The van der Waals surface area contributed by atoms with E-state index in [1.54, 1.807) is 42.5 Å². The average molecular weight is 533 g/mol. The minimum atomic E-state index is -1.12. The van der Waals surface area contributed by atoms with Gasteiger partial charge in [-0.15, -0.1) is 0 Å². The van der Waals surface area contributed by atoms with Crippen molar-refractivity contribution in [3.8, 4) is 5.75 Å². The zero-order valence-corrected chi connectivity index (χ0v) is 19.3. The molecule has 0 atom stereocenters. The molecule has 0 unspecified atom stereocenters. The number of thiocarbonyl (C=S) groups is 1. The average Bonchev–Trinajstić information content (AvgIpc) is 2.89. The topological polar surface area (TPSA) is 66.8 Å². The predicted molar refractivity (Wildman–Crippen MR) is 122 cm³/mol. The highest BCUT2D eigenvalue weighted by Crippen LogP contribution is 2.34. The number of carboxylic acid groups (broad SMARTS) is 1. The van der Waals surface area contributed by atoms with Crippen LogP contribution in [0.25, 0.3) is 6.08 Å². The first-order chi connectivity index (χ1) is 13.7. The van der Waals surface area contributed by atoms with Crippen molar-refractivity contribution in [2.45, 2.75) is 6.61 Å². The summed E-state index contributed by atoms with van der Waals surface area (Å²) in [6.07, 6.45) is 1.66. The number of rotatable bonds is 6. The lowest BCUT2D eigenvalue weighted by Crippen LogP contribution is -2.33. The number of hydrogen-bond donors (Lipinski definition) is 1. The van der Waals surface area contributed by atoms with E-state index in [-0.39, 0.29) is 10.9 Å². The molecule has 1 fully saturated rings. The van der Waals surface area contributed by atoms with Crippen molar-refractivity contribution >= 4 is 85.4 Å². The zero-order chi connectivity index (χ0) is 21.1. The third kappa shape index (κ3) is 5.52. The molecule has 5 nitrogen and oxygen atoms in total. The summed E-state index contributed by atoms with van der Waals surface area (Å²) in [6, 6.07) is 10.5. The summed E-state index contributed by atoms with van der Waals surface area (Å²) < 4.78 is 6.72. The van der Waals surface area contributed by atoms with E-state index in [2.05, 4.69) is 15.9 Å². The van der Waals surface area contributed by atoms with Crippen LogP contribution in [0, 0.1) is 0 Å². The fourth-order valence-electron chi connectivity index (χ4n) is 2.44. The maximum Gasteiger partial charge on any atom is 0.323 e. The Morgan fingerprint density at radius 2 is 2.03 bits per heavy atom. The number of ether oxygens (including phenoxy) is 1. The van der Waals surface area contributed by atoms with Crippen molar-refractivity contribution in [3.63, 3.8) is 0 Å². The van der Waals surface area contributed by atoms with E-state index >= 15 is 0 Å². The van der Waals surface area contributed by atoms with Crippen molar-refractivity contribution in [1.82, 2.24) is 4.90 Å². The summed E-state index contributed by atoms with van der Waals surface area (Å²) in [7, 11) is 0. The van der Waals surface area contributed by atoms with Gasteiger partial charge in [0.15, 0.2) is 0 Å².